The molecular formula is C13H14N4OS. The van der Waals surface area contributed by atoms with Gasteiger partial charge in [-0.15, -0.1) is 5.10 Å². The molecular weight excluding hydrogens is 260 g/mol. The van der Waals surface area contributed by atoms with Gasteiger partial charge in [-0.3, -0.25) is 4.57 Å². The second-order valence-corrected chi connectivity index (χ2v) is 5.19. The highest BCUT2D eigenvalue weighted by Crippen LogP contribution is 2.29. The number of benzene rings is 1. The molecule has 98 valence electrons. The molecule has 0 radical (unpaired) electrons. The van der Waals surface area contributed by atoms with Crippen molar-refractivity contribution in [2.45, 2.75) is 36.9 Å². The molecule has 0 aliphatic rings. The molecule has 1 heterocycles. The number of hydrogen-bond donors (Lipinski definition) is 1. The van der Waals surface area contributed by atoms with Crippen LogP contribution in [0.2, 0.25) is 0 Å². The maximum Gasteiger partial charge on any atom is 0.343 e. The lowest BCUT2D eigenvalue weighted by Crippen LogP contribution is -2.17. The van der Waals surface area contributed by atoms with E-state index < -0.39 is 0 Å². The predicted molar refractivity (Wildman–Crippen MR) is 73.2 cm³/mol. The molecule has 1 aromatic carbocycles. The van der Waals surface area contributed by atoms with E-state index in [9.17, 15) is 4.79 Å². The zero-order valence-electron chi connectivity index (χ0n) is 10.8. The maximum atomic E-state index is 11.6. The fraction of sp³-hybridized carbons (Fsp3) is 0.308. The van der Waals surface area contributed by atoms with Gasteiger partial charge in [0.1, 0.15) is 6.07 Å². The molecule has 2 aromatic rings. The van der Waals surface area contributed by atoms with Gasteiger partial charge in [-0.2, -0.15) is 5.26 Å². The van der Waals surface area contributed by atoms with Crippen molar-refractivity contribution in [3.8, 4) is 6.07 Å². The SMILES string of the molecule is CCCn1c(Sc2cc(C)ccc2C#N)n[nH]c1=O. The van der Waals surface area contributed by atoms with Crippen LogP contribution in [0.25, 0.3) is 0 Å². The zero-order chi connectivity index (χ0) is 13.8. The van der Waals surface area contributed by atoms with E-state index in [0.29, 0.717) is 17.3 Å². The Kier molecular flexibility index (Phi) is 4.07. The van der Waals surface area contributed by atoms with E-state index in [4.69, 9.17) is 5.26 Å². The summed E-state index contributed by atoms with van der Waals surface area (Å²) in [6, 6.07) is 7.76. The second-order valence-electron chi connectivity index (χ2n) is 4.18. The molecule has 0 atom stereocenters. The third-order valence-electron chi connectivity index (χ3n) is 2.63. The molecule has 5 nitrogen and oxygen atoms in total. The normalized spacial score (nSPS) is 10.4. The highest BCUT2D eigenvalue weighted by Gasteiger charge is 2.12. The van der Waals surface area contributed by atoms with Crippen molar-refractivity contribution >= 4 is 11.8 Å². The largest absolute Gasteiger partial charge is 0.343 e. The topological polar surface area (TPSA) is 74.5 Å². The minimum atomic E-state index is -0.212. The van der Waals surface area contributed by atoms with E-state index in [-0.39, 0.29) is 5.69 Å². The quantitative estimate of drug-likeness (QED) is 0.928. The molecule has 0 spiro atoms. The Labute approximate surface area is 115 Å². The maximum absolute atomic E-state index is 11.6. The molecule has 0 amide bonds. The number of aromatic nitrogens is 3. The van der Waals surface area contributed by atoms with Crippen LogP contribution in [0.1, 0.15) is 24.5 Å². The number of aryl methyl sites for hydroxylation is 1. The minimum Gasteiger partial charge on any atom is -0.270 e. The summed E-state index contributed by atoms with van der Waals surface area (Å²) in [7, 11) is 0. The first-order valence-corrected chi connectivity index (χ1v) is 6.81. The van der Waals surface area contributed by atoms with Crippen LogP contribution in [0.4, 0.5) is 0 Å². The van der Waals surface area contributed by atoms with Gasteiger partial charge in [0.25, 0.3) is 0 Å². The summed E-state index contributed by atoms with van der Waals surface area (Å²) in [5.74, 6) is 0. The first-order valence-electron chi connectivity index (χ1n) is 5.99. The summed E-state index contributed by atoms with van der Waals surface area (Å²) in [4.78, 5) is 12.4. The number of hydrogen-bond acceptors (Lipinski definition) is 4. The third kappa shape index (κ3) is 2.88. The Morgan fingerprint density at radius 1 is 1.53 bits per heavy atom. The van der Waals surface area contributed by atoms with E-state index >= 15 is 0 Å². The zero-order valence-corrected chi connectivity index (χ0v) is 11.6. The first-order chi connectivity index (χ1) is 9.15. The molecule has 0 fully saturated rings. The van der Waals surface area contributed by atoms with Crippen LogP contribution in [0.3, 0.4) is 0 Å². The van der Waals surface area contributed by atoms with Crippen LogP contribution in [0.15, 0.2) is 33.0 Å². The predicted octanol–water partition coefficient (Wildman–Crippen LogP) is 2.31. The number of nitrogens with zero attached hydrogens (tertiary/aromatic N) is 3. The standard InChI is InChI=1S/C13H14N4OS/c1-3-6-17-12(18)15-16-13(17)19-11-7-9(2)4-5-10(11)8-14/h4-5,7H,3,6H2,1-2H3,(H,15,18). The summed E-state index contributed by atoms with van der Waals surface area (Å²) < 4.78 is 1.59. The Morgan fingerprint density at radius 2 is 2.32 bits per heavy atom. The molecule has 2 rings (SSSR count). The van der Waals surface area contributed by atoms with Gasteiger partial charge >= 0.3 is 5.69 Å². The number of aromatic amines is 1. The highest BCUT2D eigenvalue weighted by atomic mass is 32.2. The van der Waals surface area contributed by atoms with Crippen LogP contribution in [-0.4, -0.2) is 14.8 Å². The fourth-order valence-electron chi connectivity index (χ4n) is 1.71. The Bertz CT molecular complexity index is 681. The number of H-pyrrole nitrogens is 1. The fourth-order valence-corrected chi connectivity index (χ4v) is 2.75. The van der Waals surface area contributed by atoms with Gasteiger partial charge in [0.05, 0.1) is 5.56 Å². The van der Waals surface area contributed by atoms with Crippen molar-refractivity contribution in [1.29, 1.82) is 5.26 Å². The van der Waals surface area contributed by atoms with Gasteiger partial charge in [-0.1, -0.05) is 13.0 Å². The minimum absolute atomic E-state index is 0.212. The summed E-state index contributed by atoms with van der Waals surface area (Å²) in [5, 5.41) is 16.2. The smallest absolute Gasteiger partial charge is 0.270 e. The van der Waals surface area contributed by atoms with Gasteiger partial charge in [0, 0.05) is 11.4 Å². The highest BCUT2D eigenvalue weighted by molar-refractivity contribution is 7.99. The molecule has 0 bridgehead atoms. The molecule has 0 saturated carbocycles. The Balaban J connectivity index is 2.39. The summed E-state index contributed by atoms with van der Waals surface area (Å²) in [5.41, 5.74) is 1.45. The molecule has 19 heavy (non-hydrogen) atoms. The molecule has 6 heteroatoms. The van der Waals surface area contributed by atoms with Crippen LogP contribution >= 0.6 is 11.8 Å². The molecule has 1 aromatic heterocycles. The summed E-state index contributed by atoms with van der Waals surface area (Å²) >= 11 is 1.34. The number of rotatable bonds is 4. The van der Waals surface area contributed by atoms with Crippen LogP contribution in [0.5, 0.6) is 0 Å². The second kappa shape index (κ2) is 5.76. The molecule has 1 N–H and O–H groups in total. The van der Waals surface area contributed by atoms with Gasteiger partial charge in [-0.05, 0) is 42.8 Å². The van der Waals surface area contributed by atoms with Gasteiger partial charge in [0.15, 0.2) is 5.16 Å². The molecule has 0 aliphatic carbocycles. The van der Waals surface area contributed by atoms with Crippen molar-refractivity contribution in [3.05, 3.63) is 39.8 Å². The Hall–Kier alpha value is -2.00. The van der Waals surface area contributed by atoms with Gasteiger partial charge in [-0.25, -0.2) is 9.89 Å². The van der Waals surface area contributed by atoms with E-state index in [2.05, 4.69) is 16.3 Å². The molecule has 0 aliphatic heterocycles. The van der Waals surface area contributed by atoms with Crippen molar-refractivity contribution in [2.75, 3.05) is 0 Å². The summed E-state index contributed by atoms with van der Waals surface area (Å²) in [6.45, 7) is 4.58. The van der Waals surface area contributed by atoms with Crippen molar-refractivity contribution in [3.63, 3.8) is 0 Å². The lowest BCUT2D eigenvalue weighted by Gasteiger charge is -2.05. The van der Waals surface area contributed by atoms with Gasteiger partial charge in [0.2, 0.25) is 0 Å². The lowest BCUT2D eigenvalue weighted by atomic mass is 10.2. The number of nitriles is 1. The van der Waals surface area contributed by atoms with Crippen molar-refractivity contribution in [1.82, 2.24) is 14.8 Å². The third-order valence-corrected chi connectivity index (χ3v) is 3.68. The van der Waals surface area contributed by atoms with Crippen molar-refractivity contribution in [2.24, 2.45) is 0 Å². The average molecular weight is 274 g/mol. The van der Waals surface area contributed by atoms with E-state index in [0.717, 1.165) is 16.9 Å². The van der Waals surface area contributed by atoms with E-state index in [1.807, 2.05) is 26.0 Å². The van der Waals surface area contributed by atoms with Crippen LogP contribution < -0.4 is 5.69 Å². The monoisotopic (exact) mass is 274 g/mol. The van der Waals surface area contributed by atoms with Crippen LogP contribution in [-0.2, 0) is 6.54 Å². The van der Waals surface area contributed by atoms with E-state index in [1.54, 1.807) is 10.6 Å². The van der Waals surface area contributed by atoms with Gasteiger partial charge < -0.3 is 0 Å². The Morgan fingerprint density at radius 3 is 3.00 bits per heavy atom. The van der Waals surface area contributed by atoms with Crippen molar-refractivity contribution < 1.29 is 0 Å². The van der Waals surface area contributed by atoms with E-state index in [1.165, 1.54) is 11.8 Å². The molecule has 0 saturated heterocycles. The summed E-state index contributed by atoms with van der Waals surface area (Å²) in [6.07, 6.45) is 0.853. The first kappa shape index (κ1) is 13.4. The average Bonchev–Trinajstić information content (AvgIpc) is 2.72. The lowest BCUT2D eigenvalue weighted by molar-refractivity contribution is 0.604. The van der Waals surface area contributed by atoms with Crippen LogP contribution in [0, 0.1) is 18.3 Å². The molecule has 0 unspecified atom stereocenters. The number of nitrogens with one attached hydrogen (secondary N) is 1.